The van der Waals surface area contributed by atoms with Gasteiger partial charge < -0.3 is 5.21 Å². The van der Waals surface area contributed by atoms with Crippen LogP contribution in [0.1, 0.15) is 5.56 Å². The molecule has 0 spiro atoms. The molecule has 0 aliphatic carbocycles. The summed E-state index contributed by atoms with van der Waals surface area (Å²) in [5.74, 6) is 0. The van der Waals surface area contributed by atoms with Gasteiger partial charge in [0.1, 0.15) is 0 Å². The summed E-state index contributed by atoms with van der Waals surface area (Å²) in [7, 11) is 0. The van der Waals surface area contributed by atoms with E-state index in [1.165, 1.54) is 6.21 Å². The van der Waals surface area contributed by atoms with Gasteiger partial charge in [0.2, 0.25) is 0 Å². The van der Waals surface area contributed by atoms with Crippen molar-refractivity contribution in [2.75, 3.05) is 0 Å². The molecule has 0 aliphatic rings. The van der Waals surface area contributed by atoms with Gasteiger partial charge >= 0.3 is 0 Å². The molecule has 4 nitrogen and oxygen atoms in total. The van der Waals surface area contributed by atoms with E-state index in [4.69, 9.17) is 5.21 Å². The first-order chi connectivity index (χ1) is 6.90. The number of oxime groups is 1. The van der Waals surface area contributed by atoms with Crippen molar-refractivity contribution in [2.45, 2.75) is 0 Å². The van der Waals surface area contributed by atoms with Crippen molar-refractivity contribution >= 4 is 6.21 Å². The molecule has 0 saturated heterocycles. The zero-order chi connectivity index (χ0) is 9.80. The number of aromatic nitrogens is 2. The van der Waals surface area contributed by atoms with E-state index in [2.05, 4.69) is 10.3 Å². The molecule has 0 unspecified atom stereocenters. The SMILES string of the molecule is O/N=C\c1cccc(-n2cccn2)c1. The quantitative estimate of drug-likeness (QED) is 0.441. The van der Waals surface area contributed by atoms with Crippen LogP contribution in [0.3, 0.4) is 0 Å². The highest BCUT2D eigenvalue weighted by atomic mass is 16.4. The van der Waals surface area contributed by atoms with E-state index in [0.29, 0.717) is 0 Å². The second-order valence-electron chi connectivity index (χ2n) is 2.79. The van der Waals surface area contributed by atoms with Crippen LogP contribution < -0.4 is 0 Å². The summed E-state index contributed by atoms with van der Waals surface area (Å²) in [6.07, 6.45) is 4.95. The van der Waals surface area contributed by atoms with Crippen LogP contribution in [0.2, 0.25) is 0 Å². The van der Waals surface area contributed by atoms with E-state index in [-0.39, 0.29) is 0 Å². The average molecular weight is 187 g/mol. The second-order valence-corrected chi connectivity index (χ2v) is 2.79. The highest BCUT2D eigenvalue weighted by Crippen LogP contribution is 2.07. The van der Waals surface area contributed by atoms with Crippen LogP contribution >= 0.6 is 0 Å². The van der Waals surface area contributed by atoms with Gasteiger partial charge in [-0.25, -0.2) is 4.68 Å². The molecular weight excluding hydrogens is 178 g/mol. The third-order valence-electron chi connectivity index (χ3n) is 1.85. The zero-order valence-corrected chi connectivity index (χ0v) is 7.41. The highest BCUT2D eigenvalue weighted by molar-refractivity contribution is 5.79. The molecule has 1 heterocycles. The normalized spacial score (nSPS) is 10.9. The number of benzene rings is 1. The van der Waals surface area contributed by atoms with E-state index in [0.717, 1.165) is 11.3 Å². The first kappa shape index (κ1) is 8.50. The van der Waals surface area contributed by atoms with Gasteiger partial charge in [0.25, 0.3) is 0 Å². The van der Waals surface area contributed by atoms with E-state index >= 15 is 0 Å². The van der Waals surface area contributed by atoms with Crippen molar-refractivity contribution in [3.63, 3.8) is 0 Å². The van der Waals surface area contributed by atoms with Crippen LogP contribution in [-0.4, -0.2) is 21.2 Å². The molecule has 14 heavy (non-hydrogen) atoms. The summed E-state index contributed by atoms with van der Waals surface area (Å²) >= 11 is 0. The Hall–Kier alpha value is -2.10. The lowest BCUT2D eigenvalue weighted by atomic mass is 10.2. The Morgan fingerprint density at radius 3 is 3.00 bits per heavy atom. The molecule has 1 aromatic heterocycles. The maximum absolute atomic E-state index is 8.39. The van der Waals surface area contributed by atoms with E-state index < -0.39 is 0 Å². The summed E-state index contributed by atoms with van der Waals surface area (Å²) in [6.45, 7) is 0. The molecule has 0 radical (unpaired) electrons. The minimum Gasteiger partial charge on any atom is -0.411 e. The molecule has 0 amide bonds. The maximum Gasteiger partial charge on any atom is 0.0734 e. The third-order valence-corrected chi connectivity index (χ3v) is 1.85. The predicted molar refractivity (Wildman–Crippen MR) is 52.9 cm³/mol. The van der Waals surface area contributed by atoms with Gasteiger partial charge in [0, 0.05) is 12.4 Å². The molecule has 2 aromatic rings. The second kappa shape index (κ2) is 3.74. The summed E-state index contributed by atoms with van der Waals surface area (Å²) in [5, 5.41) is 15.5. The van der Waals surface area contributed by atoms with Gasteiger partial charge in [-0.3, -0.25) is 0 Å². The van der Waals surface area contributed by atoms with Crippen molar-refractivity contribution in [1.29, 1.82) is 0 Å². The van der Waals surface area contributed by atoms with Crippen molar-refractivity contribution in [3.05, 3.63) is 48.3 Å². The lowest BCUT2D eigenvalue weighted by Gasteiger charge is -2.01. The standard InChI is InChI=1S/C10H9N3O/c14-12-8-9-3-1-4-10(7-9)13-6-2-5-11-13/h1-8,14H/b12-8-. The summed E-state index contributed by atoms with van der Waals surface area (Å²) in [5.41, 5.74) is 1.77. The third kappa shape index (κ3) is 1.64. The fourth-order valence-electron chi connectivity index (χ4n) is 1.24. The summed E-state index contributed by atoms with van der Waals surface area (Å²) in [6, 6.07) is 9.40. The fourth-order valence-corrected chi connectivity index (χ4v) is 1.24. The maximum atomic E-state index is 8.39. The van der Waals surface area contributed by atoms with Crippen LogP contribution in [0.15, 0.2) is 47.9 Å². The minimum absolute atomic E-state index is 0.834. The molecule has 4 heteroatoms. The molecule has 70 valence electrons. The minimum atomic E-state index is 0.834. The van der Waals surface area contributed by atoms with Crippen LogP contribution in [0.5, 0.6) is 0 Å². The van der Waals surface area contributed by atoms with Gasteiger partial charge in [-0.05, 0) is 23.8 Å². The zero-order valence-electron chi connectivity index (χ0n) is 7.41. The molecule has 0 atom stereocenters. The van der Waals surface area contributed by atoms with Gasteiger partial charge in [-0.2, -0.15) is 5.10 Å². The topological polar surface area (TPSA) is 50.4 Å². The van der Waals surface area contributed by atoms with Gasteiger partial charge in [0.15, 0.2) is 0 Å². The number of rotatable bonds is 2. The van der Waals surface area contributed by atoms with Crippen LogP contribution in [0.25, 0.3) is 5.69 Å². The molecular formula is C10H9N3O. The molecule has 0 aliphatic heterocycles. The molecule has 1 aromatic carbocycles. The Morgan fingerprint density at radius 1 is 1.36 bits per heavy atom. The Bertz CT molecular complexity index is 434. The first-order valence-corrected chi connectivity index (χ1v) is 4.17. The fraction of sp³-hybridized carbons (Fsp3) is 0. The van der Waals surface area contributed by atoms with E-state index in [1.807, 2.05) is 36.5 Å². The average Bonchev–Trinajstić information content (AvgIpc) is 2.71. The van der Waals surface area contributed by atoms with Gasteiger partial charge in [-0.15, -0.1) is 0 Å². The monoisotopic (exact) mass is 187 g/mol. The number of hydrogen-bond donors (Lipinski definition) is 1. The molecule has 0 fully saturated rings. The van der Waals surface area contributed by atoms with E-state index in [9.17, 15) is 0 Å². The number of nitrogens with zero attached hydrogens (tertiary/aromatic N) is 3. The Balaban J connectivity index is 2.40. The molecule has 2 rings (SSSR count). The van der Waals surface area contributed by atoms with Crippen LogP contribution in [0.4, 0.5) is 0 Å². The van der Waals surface area contributed by atoms with Crippen LogP contribution in [-0.2, 0) is 0 Å². The predicted octanol–water partition coefficient (Wildman–Crippen LogP) is 1.68. The number of hydrogen-bond acceptors (Lipinski definition) is 3. The Kier molecular flexibility index (Phi) is 2.27. The largest absolute Gasteiger partial charge is 0.411 e. The van der Waals surface area contributed by atoms with Gasteiger partial charge in [0.05, 0.1) is 11.9 Å². The van der Waals surface area contributed by atoms with Crippen molar-refractivity contribution in [2.24, 2.45) is 5.16 Å². The lowest BCUT2D eigenvalue weighted by Crippen LogP contribution is -1.94. The first-order valence-electron chi connectivity index (χ1n) is 4.17. The van der Waals surface area contributed by atoms with E-state index in [1.54, 1.807) is 10.9 Å². The highest BCUT2D eigenvalue weighted by Gasteiger charge is 1.95. The van der Waals surface area contributed by atoms with Crippen LogP contribution in [0, 0.1) is 0 Å². The summed E-state index contributed by atoms with van der Waals surface area (Å²) in [4.78, 5) is 0. The van der Waals surface area contributed by atoms with Crippen molar-refractivity contribution < 1.29 is 5.21 Å². The smallest absolute Gasteiger partial charge is 0.0734 e. The van der Waals surface area contributed by atoms with Crippen molar-refractivity contribution in [1.82, 2.24) is 9.78 Å². The summed E-state index contributed by atoms with van der Waals surface area (Å²) < 4.78 is 1.74. The molecule has 0 saturated carbocycles. The Morgan fingerprint density at radius 2 is 2.29 bits per heavy atom. The van der Waals surface area contributed by atoms with Crippen molar-refractivity contribution in [3.8, 4) is 5.69 Å². The van der Waals surface area contributed by atoms with Gasteiger partial charge in [-0.1, -0.05) is 17.3 Å². The molecule has 1 N–H and O–H groups in total. The lowest BCUT2D eigenvalue weighted by molar-refractivity contribution is 0.322. The Labute approximate surface area is 81.1 Å². The molecule has 0 bridgehead atoms.